The molecule has 0 unspecified atom stereocenters. The van der Waals surface area contributed by atoms with E-state index in [2.05, 4.69) is 19.2 Å². The summed E-state index contributed by atoms with van der Waals surface area (Å²) in [4.78, 5) is 13.9. The second-order valence-corrected chi connectivity index (χ2v) is 9.03. The van der Waals surface area contributed by atoms with Gasteiger partial charge >= 0.3 is 6.03 Å². The SMILES string of the molecule is C[C@@H](N(C)C(=O)NCC1CCS(=O)(=O)CC1)C1(C)CC1. The lowest BCUT2D eigenvalue weighted by Gasteiger charge is -2.31. The number of nitrogens with one attached hydrogen (secondary N) is 1. The van der Waals surface area contributed by atoms with Crippen LogP contribution in [-0.2, 0) is 9.84 Å². The third-order valence-electron chi connectivity index (χ3n) is 5.16. The molecule has 20 heavy (non-hydrogen) atoms. The normalized spacial score (nSPS) is 25.8. The van der Waals surface area contributed by atoms with Crippen LogP contribution in [0.15, 0.2) is 0 Å². The largest absolute Gasteiger partial charge is 0.338 e. The van der Waals surface area contributed by atoms with Gasteiger partial charge < -0.3 is 10.2 Å². The van der Waals surface area contributed by atoms with Crippen LogP contribution < -0.4 is 5.32 Å². The average molecular weight is 302 g/mol. The number of hydrogen-bond acceptors (Lipinski definition) is 3. The van der Waals surface area contributed by atoms with Crippen LogP contribution in [-0.4, -0.2) is 50.5 Å². The molecule has 5 nitrogen and oxygen atoms in total. The molecule has 1 N–H and O–H groups in total. The summed E-state index contributed by atoms with van der Waals surface area (Å²) < 4.78 is 22.7. The highest BCUT2D eigenvalue weighted by Gasteiger charge is 2.45. The third-order valence-corrected chi connectivity index (χ3v) is 6.88. The Morgan fingerprint density at radius 1 is 1.35 bits per heavy atom. The zero-order valence-electron chi connectivity index (χ0n) is 12.7. The van der Waals surface area contributed by atoms with E-state index in [1.165, 1.54) is 12.8 Å². The van der Waals surface area contributed by atoms with Gasteiger partial charge in [0, 0.05) is 19.6 Å². The van der Waals surface area contributed by atoms with Gasteiger partial charge in [0.15, 0.2) is 0 Å². The van der Waals surface area contributed by atoms with Gasteiger partial charge in [0.2, 0.25) is 0 Å². The summed E-state index contributed by atoms with van der Waals surface area (Å²) in [6, 6.07) is 0.202. The maximum atomic E-state index is 12.1. The van der Waals surface area contributed by atoms with E-state index in [1.807, 2.05) is 7.05 Å². The van der Waals surface area contributed by atoms with Crippen molar-refractivity contribution < 1.29 is 13.2 Å². The second kappa shape index (κ2) is 5.54. The Kier molecular flexibility index (Phi) is 4.33. The number of carbonyl (C=O) groups is 1. The molecule has 0 bridgehead atoms. The zero-order chi connectivity index (χ0) is 15.0. The van der Waals surface area contributed by atoms with Gasteiger partial charge in [-0.25, -0.2) is 13.2 Å². The van der Waals surface area contributed by atoms with Crippen LogP contribution in [0.25, 0.3) is 0 Å². The number of nitrogens with zero attached hydrogens (tertiary/aromatic N) is 1. The number of amides is 2. The van der Waals surface area contributed by atoms with Gasteiger partial charge in [-0.15, -0.1) is 0 Å². The van der Waals surface area contributed by atoms with Crippen LogP contribution in [0.4, 0.5) is 4.79 Å². The molecule has 2 aliphatic rings. The molecule has 0 aromatic rings. The van der Waals surface area contributed by atoms with E-state index in [1.54, 1.807) is 4.90 Å². The summed E-state index contributed by atoms with van der Waals surface area (Å²) in [6.45, 7) is 4.90. The summed E-state index contributed by atoms with van der Waals surface area (Å²) in [5.41, 5.74) is 0.283. The summed E-state index contributed by atoms with van der Waals surface area (Å²) in [5, 5.41) is 2.95. The molecule has 6 heteroatoms. The van der Waals surface area contributed by atoms with Crippen molar-refractivity contribution in [2.45, 2.75) is 45.6 Å². The lowest BCUT2D eigenvalue weighted by Crippen LogP contribution is -2.47. The Bertz CT molecular complexity index is 457. The van der Waals surface area contributed by atoms with E-state index in [4.69, 9.17) is 0 Å². The first kappa shape index (κ1) is 15.6. The van der Waals surface area contributed by atoms with Crippen molar-refractivity contribution in [3.05, 3.63) is 0 Å². The molecule has 2 rings (SSSR count). The van der Waals surface area contributed by atoms with Crippen LogP contribution in [0.3, 0.4) is 0 Å². The fourth-order valence-corrected chi connectivity index (χ4v) is 4.35. The van der Waals surface area contributed by atoms with Crippen LogP contribution in [0, 0.1) is 11.3 Å². The van der Waals surface area contributed by atoms with E-state index in [9.17, 15) is 13.2 Å². The van der Waals surface area contributed by atoms with Crippen LogP contribution >= 0.6 is 0 Å². The highest BCUT2D eigenvalue weighted by atomic mass is 32.2. The molecule has 1 saturated heterocycles. The number of carbonyl (C=O) groups excluding carboxylic acids is 1. The lowest BCUT2D eigenvalue weighted by molar-refractivity contribution is 0.169. The summed E-state index contributed by atoms with van der Waals surface area (Å²) in [7, 11) is -0.976. The first-order valence-corrected chi connectivity index (χ1v) is 9.27. The van der Waals surface area contributed by atoms with Gasteiger partial charge in [0.05, 0.1) is 11.5 Å². The van der Waals surface area contributed by atoms with E-state index in [0.29, 0.717) is 25.3 Å². The molecule has 0 radical (unpaired) electrons. The molecule has 1 aliphatic heterocycles. The minimum absolute atomic E-state index is 0.0425. The van der Waals surface area contributed by atoms with Crippen molar-refractivity contribution >= 4 is 15.9 Å². The molecule has 116 valence electrons. The van der Waals surface area contributed by atoms with Crippen LogP contribution in [0.2, 0.25) is 0 Å². The Balaban J connectivity index is 1.75. The zero-order valence-corrected chi connectivity index (χ0v) is 13.5. The van der Waals surface area contributed by atoms with Crippen LogP contribution in [0.1, 0.15) is 39.5 Å². The topological polar surface area (TPSA) is 66.5 Å². The Morgan fingerprint density at radius 3 is 2.40 bits per heavy atom. The predicted molar refractivity (Wildman–Crippen MR) is 79.3 cm³/mol. The van der Waals surface area contributed by atoms with Crippen LogP contribution in [0.5, 0.6) is 0 Å². The third kappa shape index (κ3) is 3.65. The van der Waals surface area contributed by atoms with Crippen molar-refractivity contribution in [1.29, 1.82) is 0 Å². The highest BCUT2D eigenvalue weighted by Crippen LogP contribution is 2.49. The molecule has 0 aromatic carbocycles. The molecule has 1 heterocycles. The van der Waals surface area contributed by atoms with Gasteiger partial charge in [-0.2, -0.15) is 0 Å². The molecule has 1 saturated carbocycles. The minimum atomic E-state index is -2.82. The first-order chi connectivity index (χ1) is 9.23. The fraction of sp³-hybridized carbons (Fsp3) is 0.929. The van der Waals surface area contributed by atoms with E-state index >= 15 is 0 Å². The average Bonchev–Trinajstić information content (AvgIpc) is 3.14. The number of hydrogen-bond donors (Lipinski definition) is 1. The van der Waals surface area contributed by atoms with Crippen molar-refractivity contribution in [2.24, 2.45) is 11.3 Å². The standard InChI is InChI=1S/C14H26N2O3S/c1-11(14(2)6-7-14)16(3)13(17)15-10-12-4-8-20(18,19)9-5-12/h11-12H,4-10H2,1-3H3,(H,15,17)/t11-/m1/s1. The van der Waals surface area contributed by atoms with Crippen molar-refractivity contribution in [2.75, 3.05) is 25.1 Å². The summed E-state index contributed by atoms with van der Waals surface area (Å²) >= 11 is 0. The predicted octanol–water partition coefficient (Wildman–Crippen LogP) is 1.64. The van der Waals surface area contributed by atoms with Gasteiger partial charge in [-0.05, 0) is 43.9 Å². The first-order valence-electron chi connectivity index (χ1n) is 7.45. The van der Waals surface area contributed by atoms with E-state index in [0.717, 1.165) is 0 Å². The summed E-state index contributed by atoms with van der Waals surface area (Å²) in [5.74, 6) is 0.818. The molecule has 2 fully saturated rings. The maximum Gasteiger partial charge on any atom is 0.317 e. The second-order valence-electron chi connectivity index (χ2n) is 6.72. The van der Waals surface area contributed by atoms with Gasteiger partial charge in [0.25, 0.3) is 0 Å². The smallest absolute Gasteiger partial charge is 0.317 e. The van der Waals surface area contributed by atoms with Gasteiger partial charge in [-0.1, -0.05) is 6.92 Å². The summed E-state index contributed by atoms with van der Waals surface area (Å²) in [6.07, 6.45) is 3.71. The number of urea groups is 1. The van der Waals surface area contributed by atoms with E-state index in [-0.39, 0.29) is 29.0 Å². The minimum Gasteiger partial charge on any atom is -0.338 e. The van der Waals surface area contributed by atoms with Gasteiger partial charge in [-0.3, -0.25) is 0 Å². The Labute approximate surface area is 122 Å². The number of rotatable bonds is 4. The molecule has 0 spiro atoms. The monoisotopic (exact) mass is 302 g/mol. The van der Waals surface area contributed by atoms with Gasteiger partial charge in [0.1, 0.15) is 9.84 Å². The van der Waals surface area contributed by atoms with Crippen molar-refractivity contribution in [3.63, 3.8) is 0 Å². The Hall–Kier alpha value is -0.780. The molecule has 0 aromatic heterocycles. The molecule has 1 aliphatic carbocycles. The molecule has 1 atom stereocenters. The number of sulfone groups is 1. The lowest BCUT2D eigenvalue weighted by atomic mass is 10.00. The molecule has 2 amide bonds. The van der Waals surface area contributed by atoms with E-state index < -0.39 is 9.84 Å². The quantitative estimate of drug-likeness (QED) is 0.858. The highest BCUT2D eigenvalue weighted by molar-refractivity contribution is 7.91. The fourth-order valence-electron chi connectivity index (χ4n) is 2.76. The van der Waals surface area contributed by atoms with Crippen molar-refractivity contribution in [1.82, 2.24) is 10.2 Å². The molecular weight excluding hydrogens is 276 g/mol. The maximum absolute atomic E-state index is 12.1. The molecular formula is C14H26N2O3S. The Morgan fingerprint density at radius 2 is 1.90 bits per heavy atom. The van der Waals surface area contributed by atoms with Crippen molar-refractivity contribution in [3.8, 4) is 0 Å².